The molecule has 3 aliphatic heterocycles. The van der Waals surface area contributed by atoms with E-state index in [1.165, 1.54) is 7.05 Å². The van der Waals surface area contributed by atoms with E-state index >= 15 is 0 Å². The third-order valence-corrected chi connectivity index (χ3v) is 12.1. The van der Waals surface area contributed by atoms with E-state index in [9.17, 15) is 19.2 Å². The van der Waals surface area contributed by atoms with E-state index in [1.807, 2.05) is 43.8 Å². The highest BCUT2D eigenvalue weighted by molar-refractivity contribution is 6.33. The third-order valence-electron chi connectivity index (χ3n) is 11.9. The summed E-state index contributed by atoms with van der Waals surface area (Å²) in [5.41, 5.74) is 3.63. The predicted octanol–water partition coefficient (Wildman–Crippen LogP) is 4.12. The van der Waals surface area contributed by atoms with Crippen molar-refractivity contribution in [2.45, 2.75) is 64.5 Å². The van der Waals surface area contributed by atoms with Crippen LogP contribution in [0.25, 0.3) is 21.9 Å². The summed E-state index contributed by atoms with van der Waals surface area (Å²) in [6, 6.07) is 9.63. The second-order valence-corrected chi connectivity index (χ2v) is 16.7. The highest BCUT2D eigenvalue weighted by Gasteiger charge is 2.33. The Morgan fingerprint density at radius 3 is 2.58 bits per heavy atom. The van der Waals surface area contributed by atoms with Crippen LogP contribution in [0, 0.1) is 5.92 Å². The summed E-state index contributed by atoms with van der Waals surface area (Å²) in [6.45, 7) is 11.1. The number of nitrogens with zero attached hydrogens (tertiary/aromatic N) is 9. The van der Waals surface area contributed by atoms with Gasteiger partial charge in [-0.15, -0.1) is 0 Å². The van der Waals surface area contributed by atoms with Gasteiger partial charge in [0.05, 0.1) is 40.9 Å². The minimum Gasteiger partial charge on any atom is -0.478 e. The molecule has 0 aliphatic carbocycles. The van der Waals surface area contributed by atoms with E-state index in [0.29, 0.717) is 52.3 Å². The number of para-hydroxylation sites is 1. The Bertz CT molecular complexity index is 2510. The fraction of sp³-hybridized carbons (Fsp3) is 0.476. The monoisotopic (exact) mass is 838 g/mol. The number of aryl methyl sites for hydroxylation is 1. The molecule has 8 rings (SSSR count). The van der Waals surface area contributed by atoms with Gasteiger partial charge in [0.1, 0.15) is 10.7 Å². The van der Waals surface area contributed by atoms with Crippen molar-refractivity contribution in [3.05, 3.63) is 63.8 Å². The number of benzene rings is 1. The molecule has 316 valence electrons. The van der Waals surface area contributed by atoms with E-state index in [-0.39, 0.29) is 47.7 Å². The van der Waals surface area contributed by atoms with E-state index in [4.69, 9.17) is 26.4 Å². The van der Waals surface area contributed by atoms with Gasteiger partial charge in [-0.1, -0.05) is 23.7 Å². The number of rotatable bonds is 11. The molecule has 17 nitrogen and oxygen atoms in total. The summed E-state index contributed by atoms with van der Waals surface area (Å²) in [5.74, 6) is 0.377. The van der Waals surface area contributed by atoms with Gasteiger partial charge >= 0.3 is 0 Å². The molecule has 3 N–H and O–H groups in total. The lowest BCUT2D eigenvalue weighted by molar-refractivity contribution is -0.134. The number of hydrogen-bond donors (Lipinski definition) is 3. The number of piperidine rings is 2. The van der Waals surface area contributed by atoms with Crippen molar-refractivity contribution in [3.63, 3.8) is 0 Å². The molecule has 0 spiro atoms. The summed E-state index contributed by atoms with van der Waals surface area (Å²) in [4.78, 5) is 70.9. The molecule has 18 heteroatoms. The summed E-state index contributed by atoms with van der Waals surface area (Å²) in [6.07, 6.45) is 6.18. The smallest absolute Gasteiger partial charge is 0.294 e. The highest BCUT2D eigenvalue weighted by Crippen LogP contribution is 2.36. The fourth-order valence-corrected chi connectivity index (χ4v) is 8.95. The number of pyridine rings is 2. The van der Waals surface area contributed by atoms with Crippen LogP contribution < -0.4 is 36.0 Å². The first kappa shape index (κ1) is 40.9. The Balaban J connectivity index is 0.896. The number of ether oxygens (including phenoxy) is 1. The predicted molar refractivity (Wildman–Crippen MR) is 230 cm³/mol. The fourth-order valence-electron chi connectivity index (χ4n) is 8.82. The van der Waals surface area contributed by atoms with Gasteiger partial charge in [-0.25, -0.2) is 9.97 Å². The van der Waals surface area contributed by atoms with Crippen LogP contribution in [0.1, 0.15) is 64.1 Å². The quantitative estimate of drug-likeness (QED) is 0.162. The highest BCUT2D eigenvalue weighted by atomic mass is 35.5. The number of hydrogen-bond acceptors (Lipinski definition) is 13. The van der Waals surface area contributed by atoms with E-state index in [1.54, 1.807) is 23.0 Å². The van der Waals surface area contributed by atoms with E-state index < -0.39 is 5.92 Å². The van der Waals surface area contributed by atoms with Gasteiger partial charge in [0.25, 0.3) is 11.5 Å². The van der Waals surface area contributed by atoms with Crippen molar-refractivity contribution in [2.75, 3.05) is 68.0 Å². The molecule has 0 bridgehead atoms. The average molecular weight is 839 g/mol. The van der Waals surface area contributed by atoms with Gasteiger partial charge in [0.2, 0.25) is 17.8 Å². The van der Waals surface area contributed by atoms with Gasteiger partial charge < -0.3 is 25.2 Å². The Hall–Kier alpha value is -5.81. The maximum Gasteiger partial charge on any atom is 0.294 e. The summed E-state index contributed by atoms with van der Waals surface area (Å²) < 4.78 is 9.04. The molecule has 60 heavy (non-hydrogen) atoms. The number of imide groups is 1. The molecule has 0 saturated carbocycles. The van der Waals surface area contributed by atoms with Gasteiger partial charge in [-0.05, 0) is 64.2 Å². The second-order valence-electron chi connectivity index (χ2n) is 16.3. The first-order chi connectivity index (χ1) is 28.9. The molecule has 1 aromatic carbocycles. The zero-order valence-corrected chi connectivity index (χ0v) is 35.3. The standard InChI is InChI=1S/C42H51ClN12O5/c1-24(2)55-39-27(18-33(41(55)59)60-23-35(57)44-4)17-28(19-45-39)47-38-31(43)20-46-42(49-38)54-16-15-52(21-25(54)3)22-26-11-13-53(14-12-26)32-8-6-7-29-36(50-51(5)37(29)32)30-9-10-34(56)48-40(30)58/h6-8,17-20,24-26,30H,9-16,21-23H2,1-5H3,(H,44,57)(H,46,47,49)(H,48,56,58)/t25-,30?/m0/s1. The van der Waals surface area contributed by atoms with Crippen molar-refractivity contribution in [1.29, 1.82) is 0 Å². The molecular weight excluding hydrogens is 788 g/mol. The normalized spacial score (nSPS) is 19.3. The van der Waals surface area contributed by atoms with Gasteiger partial charge in [-0.3, -0.25) is 38.6 Å². The van der Waals surface area contributed by atoms with Gasteiger partial charge in [0, 0.05) is 82.6 Å². The Labute approximate surface area is 352 Å². The number of carbonyl (C=O) groups excluding carboxylic acids is 3. The van der Waals surface area contributed by atoms with Crippen molar-refractivity contribution < 1.29 is 19.1 Å². The van der Waals surface area contributed by atoms with E-state index in [0.717, 1.165) is 74.4 Å². The van der Waals surface area contributed by atoms with Crippen LogP contribution in [0.5, 0.6) is 5.75 Å². The number of anilines is 4. The lowest BCUT2D eigenvalue weighted by Gasteiger charge is -2.42. The maximum absolute atomic E-state index is 13.2. The number of carbonyl (C=O) groups is 3. The molecule has 7 heterocycles. The van der Waals surface area contributed by atoms with Crippen LogP contribution in [-0.2, 0) is 21.4 Å². The van der Waals surface area contributed by atoms with Crippen molar-refractivity contribution in [2.24, 2.45) is 13.0 Å². The minimum absolute atomic E-state index is 0.0572. The van der Waals surface area contributed by atoms with Crippen LogP contribution in [0.3, 0.4) is 0 Å². The largest absolute Gasteiger partial charge is 0.478 e. The van der Waals surface area contributed by atoms with Crippen LogP contribution in [-0.4, -0.2) is 111 Å². The lowest BCUT2D eigenvalue weighted by atomic mass is 9.92. The third kappa shape index (κ3) is 8.19. The minimum atomic E-state index is -0.429. The molecule has 3 fully saturated rings. The second kappa shape index (κ2) is 17.0. The Kier molecular flexibility index (Phi) is 11.6. The number of fused-ring (bicyclic) bond motifs is 2. The first-order valence-electron chi connectivity index (χ1n) is 20.6. The topological polar surface area (TPSA) is 185 Å². The molecule has 4 aromatic heterocycles. The molecule has 3 aliphatic rings. The molecule has 1 unspecified atom stereocenters. The SMILES string of the molecule is CNC(=O)COc1cc2cc(Nc3nc(N4CCN(CC5CCN(c6cccc7c(C8CCC(=O)NC8=O)nn(C)c67)CC5)C[C@@H]4C)ncc3Cl)cnc2n(C(C)C)c1=O. The number of halogens is 1. The Morgan fingerprint density at radius 2 is 1.85 bits per heavy atom. The first-order valence-corrected chi connectivity index (χ1v) is 21.0. The molecule has 0 radical (unpaired) electrons. The number of amides is 3. The Morgan fingerprint density at radius 1 is 1.05 bits per heavy atom. The molecule has 2 atom stereocenters. The number of likely N-dealkylation sites (N-methyl/N-ethyl adjacent to an activating group) is 1. The number of nitrogens with one attached hydrogen (secondary N) is 3. The molecular formula is C42H51ClN12O5. The van der Waals surface area contributed by atoms with Crippen LogP contribution in [0.2, 0.25) is 5.02 Å². The average Bonchev–Trinajstić information content (AvgIpc) is 3.56. The zero-order chi connectivity index (χ0) is 42.2. The van der Waals surface area contributed by atoms with Crippen molar-refractivity contribution >= 4 is 74.4 Å². The van der Waals surface area contributed by atoms with Gasteiger partial charge in [-0.2, -0.15) is 10.1 Å². The van der Waals surface area contributed by atoms with E-state index in [2.05, 4.69) is 53.6 Å². The van der Waals surface area contributed by atoms with Crippen LogP contribution >= 0.6 is 11.6 Å². The number of aromatic nitrogens is 6. The summed E-state index contributed by atoms with van der Waals surface area (Å²) >= 11 is 6.63. The summed E-state index contributed by atoms with van der Waals surface area (Å²) in [5, 5.41) is 15.0. The zero-order valence-electron chi connectivity index (χ0n) is 34.6. The maximum atomic E-state index is 13.2. The number of piperazine rings is 1. The molecule has 3 amide bonds. The van der Waals surface area contributed by atoms with Crippen molar-refractivity contribution in [3.8, 4) is 5.75 Å². The van der Waals surface area contributed by atoms with Crippen LogP contribution in [0.15, 0.2) is 47.5 Å². The van der Waals surface area contributed by atoms with Crippen molar-refractivity contribution in [1.82, 2.24) is 44.8 Å². The van der Waals surface area contributed by atoms with Gasteiger partial charge in [0.15, 0.2) is 18.2 Å². The summed E-state index contributed by atoms with van der Waals surface area (Å²) in [7, 11) is 3.44. The lowest BCUT2D eigenvalue weighted by Crippen LogP contribution is -2.54. The van der Waals surface area contributed by atoms with Crippen LogP contribution in [0.4, 0.5) is 23.1 Å². The molecule has 3 saturated heterocycles. The molecule has 5 aromatic rings.